The summed E-state index contributed by atoms with van der Waals surface area (Å²) in [7, 11) is -0.834. The first kappa shape index (κ1) is 24.2. The van der Waals surface area contributed by atoms with E-state index in [0.29, 0.717) is 10.3 Å². The third kappa shape index (κ3) is 6.23. The van der Waals surface area contributed by atoms with Crippen molar-refractivity contribution in [3.8, 4) is 0 Å². The van der Waals surface area contributed by atoms with Gasteiger partial charge in [0.05, 0.1) is 11.7 Å². The van der Waals surface area contributed by atoms with Crippen molar-refractivity contribution in [2.75, 3.05) is 0 Å². The van der Waals surface area contributed by atoms with Gasteiger partial charge in [0.1, 0.15) is 0 Å². The zero-order valence-electron chi connectivity index (χ0n) is 19.4. The molecule has 1 heterocycles. The second-order valence-corrected chi connectivity index (χ2v) is 16.3. The van der Waals surface area contributed by atoms with E-state index in [2.05, 4.69) is 79.7 Å². The predicted molar refractivity (Wildman–Crippen MR) is 124 cm³/mol. The minimum Gasteiger partial charge on any atom is -0.345 e. The molecule has 1 aliphatic heterocycles. The van der Waals surface area contributed by atoms with E-state index in [1.54, 1.807) is 0 Å². The van der Waals surface area contributed by atoms with E-state index in [-0.39, 0.29) is 32.2 Å². The molecule has 1 aromatic rings. The van der Waals surface area contributed by atoms with E-state index in [9.17, 15) is 0 Å². The molecule has 3 nitrogen and oxygen atoms in total. The Hall–Kier alpha value is -0.0400. The molecule has 1 aromatic carbocycles. The van der Waals surface area contributed by atoms with Crippen molar-refractivity contribution in [3.05, 3.63) is 29.8 Å². The summed E-state index contributed by atoms with van der Waals surface area (Å²) in [6.45, 7) is 22.6. The summed E-state index contributed by atoms with van der Waals surface area (Å²) in [5.41, 5.74) is 1.47. The average molecular weight is 427 g/mol. The SMILES string of the molecule is CC1OC(C)OC(C)P(c2ccccc2CP(C(C)(C)C)C(C)(C)C)C(C)O1. The lowest BCUT2D eigenvalue weighted by atomic mass is 10.2. The molecule has 0 amide bonds. The summed E-state index contributed by atoms with van der Waals surface area (Å²) < 4.78 is 18.2. The van der Waals surface area contributed by atoms with Crippen LogP contribution in [0.3, 0.4) is 0 Å². The Balaban J connectivity index is 2.43. The van der Waals surface area contributed by atoms with Gasteiger partial charge in [-0.15, -0.1) is 0 Å². The van der Waals surface area contributed by atoms with E-state index in [1.165, 1.54) is 10.9 Å². The highest BCUT2D eigenvalue weighted by atomic mass is 31.1. The quantitative estimate of drug-likeness (QED) is 0.496. The minimum absolute atomic E-state index is 0.0872. The van der Waals surface area contributed by atoms with E-state index in [0.717, 1.165) is 6.16 Å². The second kappa shape index (κ2) is 9.40. The third-order valence-electron chi connectivity index (χ3n) is 5.16. The molecular weight excluding hydrogens is 386 g/mol. The molecule has 0 bridgehead atoms. The van der Waals surface area contributed by atoms with Crippen LogP contribution in [0, 0.1) is 0 Å². The molecule has 0 saturated carbocycles. The van der Waals surface area contributed by atoms with Crippen LogP contribution < -0.4 is 5.30 Å². The molecular formula is C23H40O3P2. The summed E-state index contributed by atoms with van der Waals surface area (Å²) in [6, 6.07) is 8.98. The monoisotopic (exact) mass is 426 g/mol. The van der Waals surface area contributed by atoms with Crippen LogP contribution in [-0.2, 0) is 20.4 Å². The van der Waals surface area contributed by atoms with Gasteiger partial charge in [-0.3, -0.25) is 0 Å². The fourth-order valence-corrected chi connectivity index (χ4v) is 10.7. The largest absolute Gasteiger partial charge is 0.345 e. The van der Waals surface area contributed by atoms with Gasteiger partial charge < -0.3 is 14.2 Å². The molecule has 4 unspecified atom stereocenters. The van der Waals surface area contributed by atoms with Crippen molar-refractivity contribution in [1.29, 1.82) is 0 Å². The first-order valence-electron chi connectivity index (χ1n) is 10.4. The van der Waals surface area contributed by atoms with Crippen molar-refractivity contribution in [3.63, 3.8) is 0 Å². The summed E-state index contributed by atoms with van der Waals surface area (Å²) in [5, 5.41) is 2.03. The zero-order chi connectivity index (χ0) is 21.3. The van der Waals surface area contributed by atoms with Gasteiger partial charge in [-0.2, -0.15) is 0 Å². The molecule has 0 aromatic heterocycles. The second-order valence-electron chi connectivity index (χ2n) is 9.71. The molecule has 160 valence electrons. The van der Waals surface area contributed by atoms with E-state index >= 15 is 0 Å². The lowest BCUT2D eigenvalue weighted by molar-refractivity contribution is -0.244. The van der Waals surface area contributed by atoms with Gasteiger partial charge in [0.15, 0.2) is 12.6 Å². The van der Waals surface area contributed by atoms with Crippen LogP contribution in [0.25, 0.3) is 0 Å². The van der Waals surface area contributed by atoms with Gasteiger partial charge in [0.25, 0.3) is 0 Å². The highest BCUT2D eigenvalue weighted by molar-refractivity contribution is 7.67. The lowest BCUT2D eigenvalue weighted by Crippen LogP contribution is -2.36. The van der Waals surface area contributed by atoms with Gasteiger partial charge >= 0.3 is 0 Å². The Morgan fingerprint density at radius 1 is 0.786 bits per heavy atom. The first-order valence-corrected chi connectivity index (χ1v) is 13.4. The molecule has 1 aliphatic rings. The maximum absolute atomic E-state index is 6.23. The van der Waals surface area contributed by atoms with E-state index in [1.807, 2.05) is 13.8 Å². The number of rotatable bonds is 3. The molecule has 0 N–H and O–H groups in total. The number of ether oxygens (including phenoxy) is 3. The number of hydrogen-bond acceptors (Lipinski definition) is 3. The van der Waals surface area contributed by atoms with Crippen LogP contribution in [0.5, 0.6) is 0 Å². The third-order valence-corrected chi connectivity index (χ3v) is 11.9. The van der Waals surface area contributed by atoms with Crippen LogP contribution in [0.1, 0.15) is 74.8 Å². The standard InChI is InChI=1S/C23H40O3P2/c1-16-24-17(2)26-19(4)28(18(3)25-16)21-14-12-11-13-20(21)15-27(22(5,6)7)23(8,9)10/h11-14,16-19H,15H2,1-10H3. The molecule has 28 heavy (non-hydrogen) atoms. The fraction of sp³-hybridized carbons (Fsp3) is 0.739. The molecule has 0 spiro atoms. The van der Waals surface area contributed by atoms with Gasteiger partial charge in [0, 0.05) is 0 Å². The Bertz CT molecular complexity index is 605. The smallest absolute Gasteiger partial charge is 0.158 e. The zero-order valence-corrected chi connectivity index (χ0v) is 21.2. The van der Waals surface area contributed by atoms with Crippen molar-refractivity contribution in [1.82, 2.24) is 0 Å². The summed E-state index contributed by atoms with van der Waals surface area (Å²) in [6.07, 6.45) is 0.630. The van der Waals surface area contributed by atoms with Crippen molar-refractivity contribution in [2.24, 2.45) is 0 Å². The van der Waals surface area contributed by atoms with Gasteiger partial charge in [0.2, 0.25) is 0 Å². The van der Waals surface area contributed by atoms with Crippen LogP contribution in [0.2, 0.25) is 0 Å². The molecule has 5 heteroatoms. The van der Waals surface area contributed by atoms with E-state index < -0.39 is 7.92 Å². The fourth-order valence-electron chi connectivity index (χ4n) is 4.25. The molecule has 0 radical (unpaired) electrons. The molecule has 0 aliphatic carbocycles. The van der Waals surface area contributed by atoms with Crippen molar-refractivity contribution >= 4 is 21.1 Å². The van der Waals surface area contributed by atoms with Gasteiger partial charge in [-0.1, -0.05) is 73.7 Å². The number of hydrogen-bond donors (Lipinski definition) is 0. The van der Waals surface area contributed by atoms with Gasteiger partial charge in [-0.05, 0) is 63.0 Å². The molecule has 2 rings (SSSR count). The minimum atomic E-state index is -0.623. The predicted octanol–water partition coefficient (Wildman–Crippen LogP) is 6.82. The first-order chi connectivity index (χ1) is 12.8. The Labute approximate surface area is 175 Å². The normalized spacial score (nSPS) is 30.2. The summed E-state index contributed by atoms with van der Waals surface area (Å²) >= 11 is 0. The maximum Gasteiger partial charge on any atom is 0.158 e. The highest BCUT2D eigenvalue weighted by Gasteiger charge is 2.37. The molecule has 1 saturated heterocycles. The van der Waals surface area contributed by atoms with Crippen LogP contribution >= 0.6 is 15.8 Å². The summed E-state index contributed by atoms with van der Waals surface area (Å²) in [4.78, 5) is 0. The van der Waals surface area contributed by atoms with Gasteiger partial charge in [-0.25, -0.2) is 0 Å². The Kier molecular flexibility index (Phi) is 8.14. The van der Waals surface area contributed by atoms with Crippen molar-refractivity contribution < 1.29 is 14.2 Å². The van der Waals surface area contributed by atoms with Crippen LogP contribution in [0.4, 0.5) is 0 Å². The summed E-state index contributed by atoms with van der Waals surface area (Å²) in [5.74, 6) is 0.174. The molecule has 4 atom stereocenters. The maximum atomic E-state index is 6.23. The Morgan fingerprint density at radius 3 is 1.71 bits per heavy atom. The lowest BCUT2D eigenvalue weighted by Gasteiger charge is -2.43. The van der Waals surface area contributed by atoms with Crippen LogP contribution in [0.15, 0.2) is 24.3 Å². The number of benzene rings is 1. The van der Waals surface area contributed by atoms with Crippen molar-refractivity contribution in [2.45, 2.75) is 110 Å². The van der Waals surface area contributed by atoms with Crippen LogP contribution in [-0.4, -0.2) is 34.6 Å². The highest BCUT2D eigenvalue weighted by Crippen LogP contribution is 2.62. The Morgan fingerprint density at radius 2 is 1.25 bits per heavy atom. The molecule has 1 fully saturated rings. The van der Waals surface area contributed by atoms with E-state index in [4.69, 9.17) is 14.2 Å². The average Bonchev–Trinajstić information content (AvgIpc) is 2.50. The topological polar surface area (TPSA) is 27.7 Å².